The molecule has 1 aromatic heterocycles. The zero-order valence-electron chi connectivity index (χ0n) is 21.9. The van der Waals surface area contributed by atoms with E-state index in [0.29, 0.717) is 11.4 Å². The molecule has 0 spiro atoms. The van der Waals surface area contributed by atoms with E-state index in [1.807, 2.05) is 6.07 Å². The summed E-state index contributed by atoms with van der Waals surface area (Å²) >= 11 is 0. The number of carbonyl (C=O) groups excluding carboxylic acids is 2. The molecule has 0 radical (unpaired) electrons. The van der Waals surface area contributed by atoms with Crippen LogP contribution in [0.4, 0.5) is 20.2 Å². The molecular formula is C30H25F2N5O4. The van der Waals surface area contributed by atoms with E-state index in [1.54, 1.807) is 25.1 Å². The number of amides is 2. The van der Waals surface area contributed by atoms with E-state index < -0.39 is 17.7 Å². The first-order valence-electron chi connectivity index (χ1n) is 12.8. The molecule has 0 bridgehead atoms. The lowest BCUT2D eigenvalue weighted by molar-refractivity contribution is 0.0428. The second kappa shape index (κ2) is 11.2. The number of anilines is 2. The van der Waals surface area contributed by atoms with Gasteiger partial charge in [-0.1, -0.05) is 42.5 Å². The number of nitrogens with one attached hydrogen (secondary N) is 1. The average molecular weight is 558 g/mol. The summed E-state index contributed by atoms with van der Waals surface area (Å²) in [6.07, 6.45) is 1.30. The number of aliphatic hydroxyl groups is 1. The van der Waals surface area contributed by atoms with Crippen LogP contribution in [0.25, 0.3) is 0 Å². The minimum absolute atomic E-state index is 0.0120. The summed E-state index contributed by atoms with van der Waals surface area (Å²) in [6, 6.07) is 19.1. The number of ether oxygens (including phenoxy) is 1. The summed E-state index contributed by atoms with van der Waals surface area (Å²) in [7, 11) is 0. The number of hydrogen-bond acceptors (Lipinski definition) is 6. The van der Waals surface area contributed by atoms with Gasteiger partial charge in [0, 0.05) is 22.5 Å². The molecule has 41 heavy (non-hydrogen) atoms. The van der Waals surface area contributed by atoms with E-state index in [-0.39, 0.29) is 59.5 Å². The van der Waals surface area contributed by atoms with E-state index in [2.05, 4.69) is 10.4 Å². The second-order valence-corrected chi connectivity index (χ2v) is 9.45. The molecule has 2 heterocycles. The normalized spacial score (nSPS) is 14.8. The summed E-state index contributed by atoms with van der Waals surface area (Å²) in [5, 5.41) is 25.3. The Kier molecular flexibility index (Phi) is 7.50. The Morgan fingerprint density at radius 3 is 2.54 bits per heavy atom. The number of carbonyl (C=O) groups is 2. The minimum atomic E-state index is -3.21. The molecular weight excluding hydrogens is 532 g/mol. The number of aromatic nitrogens is 2. The van der Waals surface area contributed by atoms with Crippen LogP contribution in [0.1, 0.15) is 44.5 Å². The largest absolute Gasteiger partial charge is 0.490 e. The first-order valence-corrected chi connectivity index (χ1v) is 12.8. The van der Waals surface area contributed by atoms with Gasteiger partial charge >= 0.3 is 0 Å². The van der Waals surface area contributed by atoms with Crippen LogP contribution in [0.3, 0.4) is 0 Å². The van der Waals surface area contributed by atoms with Crippen molar-refractivity contribution in [3.05, 3.63) is 107 Å². The van der Waals surface area contributed by atoms with E-state index >= 15 is 8.78 Å². The molecule has 2 N–H and O–H groups in total. The smallest absolute Gasteiger partial charge is 0.298 e. The maximum absolute atomic E-state index is 15.0. The van der Waals surface area contributed by atoms with E-state index in [4.69, 9.17) is 9.84 Å². The molecule has 11 heteroatoms. The van der Waals surface area contributed by atoms with Gasteiger partial charge in [-0.15, -0.1) is 0 Å². The topological polar surface area (TPSA) is 120 Å². The number of rotatable bonds is 8. The van der Waals surface area contributed by atoms with Gasteiger partial charge in [0.25, 0.3) is 17.7 Å². The van der Waals surface area contributed by atoms with E-state index in [0.717, 1.165) is 0 Å². The summed E-state index contributed by atoms with van der Waals surface area (Å²) in [5.74, 6) is -4.07. The number of alkyl halides is 2. The fourth-order valence-corrected chi connectivity index (χ4v) is 4.75. The molecule has 1 atom stereocenters. The Morgan fingerprint density at radius 2 is 1.85 bits per heavy atom. The Bertz CT molecular complexity index is 1630. The molecule has 0 unspecified atom stereocenters. The van der Waals surface area contributed by atoms with Gasteiger partial charge in [0.2, 0.25) is 0 Å². The fraction of sp³-hybridized carbons (Fsp3) is 0.200. The van der Waals surface area contributed by atoms with Gasteiger partial charge in [0.1, 0.15) is 24.1 Å². The monoisotopic (exact) mass is 557 g/mol. The molecule has 1 aliphatic rings. The van der Waals surface area contributed by atoms with Crippen molar-refractivity contribution in [2.24, 2.45) is 0 Å². The third kappa shape index (κ3) is 5.25. The molecule has 0 saturated heterocycles. The Balaban J connectivity index is 1.38. The second-order valence-electron chi connectivity index (χ2n) is 9.45. The average Bonchev–Trinajstić information content (AvgIpc) is 3.41. The van der Waals surface area contributed by atoms with Crippen LogP contribution in [0.15, 0.2) is 79.0 Å². The van der Waals surface area contributed by atoms with Gasteiger partial charge in [-0.3, -0.25) is 14.3 Å². The van der Waals surface area contributed by atoms with Gasteiger partial charge in [0.05, 0.1) is 36.5 Å². The molecule has 3 aromatic carbocycles. The number of nitriles is 1. The van der Waals surface area contributed by atoms with Gasteiger partial charge < -0.3 is 20.1 Å². The SMILES string of the molecule is C[C@H]1Cn2ncc(C(=O)Nc3ccc(OCCO)c(C#N)c3)c2C(=O)N1c1ccc(C(F)(F)c2ccccc2)cc1. The standard InChI is InChI=1S/C30H25F2N5O4/c1-19-18-36-27(25(17-34-36)28(39)35-23-9-12-26(41-14-13-38)20(15-23)16-33)29(40)37(19)24-10-7-22(8-11-24)30(31,32)21-5-3-2-4-6-21/h2-12,15,17,19,38H,13-14,18H2,1H3,(H,35,39)/t19-/m0/s1. The molecule has 9 nitrogen and oxygen atoms in total. The van der Waals surface area contributed by atoms with Crippen LogP contribution < -0.4 is 15.0 Å². The van der Waals surface area contributed by atoms with Crippen molar-refractivity contribution in [2.75, 3.05) is 23.4 Å². The van der Waals surface area contributed by atoms with Crippen molar-refractivity contribution in [1.29, 1.82) is 5.26 Å². The van der Waals surface area contributed by atoms with Crippen molar-refractivity contribution in [1.82, 2.24) is 9.78 Å². The number of benzene rings is 3. The molecule has 1 aliphatic heterocycles. The summed E-state index contributed by atoms with van der Waals surface area (Å²) in [4.78, 5) is 28.3. The molecule has 2 amide bonds. The molecule has 0 saturated carbocycles. The molecule has 5 rings (SSSR count). The lowest BCUT2D eigenvalue weighted by Crippen LogP contribution is -2.47. The van der Waals surface area contributed by atoms with Gasteiger partial charge in [-0.2, -0.15) is 19.1 Å². The number of aliphatic hydroxyl groups excluding tert-OH is 1. The third-order valence-electron chi connectivity index (χ3n) is 6.73. The Labute approximate surface area is 234 Å². The van der Waals surface area contributed by atoms with Gasteiger partial charge in [-0.25, -0.2) is 0 Å². The fourth-order valence-electron chi connectivity index (χ4n) is 4.75. The summed E-state index contributed by atoms with van der Waals surface area (Å²) < 4.78 is 36.9. The highest BCUT2D eigenvalue weighted by Crippen LogP contribution is 2.37. The molecule has 4 aromatic rings. The first-order chi connectivity index (χ1) is 19.7. The minimum Gasteiger partial charge on any atom is -0.490 e. The van der Waals surface area contributed by atoms with Crippen LogP contribution in [0, 0.1) is 11.3 Å². The lowest BCUT2D eigenvalue weighted by atomic mass is 9.99. The highest BCUT2D eigenvalue weighted by Gasteiger charge is 2.37. The van der Waals surface area contributed by atoms with Crippen molar-refractivity contribution in [2.45, 2.75) is 25.4 Å². The summed E-state index contributed by atoms with van der Waals surface area (Å²) in [5.41, 5.74) is 0.604. The predicted octanol–water partition coefficient (Wildman–Crippen LogP) is 4.57. The van der Waals surface area contributed by atoms with Crippen LogP contribution in [0.5, 0.6) is 5.75 Å². The Hall–Kier alpha value is -5.08. The zero-order valence-corrected chi connectivity index (χ0v) is 21.9. The lowest BCUT2D eigenvalue weighted by Gasteiger charge is -2.34. The van der Waals surface area contributed by atoms with Crippen LogP contribution in [0.2, 0.25) is 0 Å². The van der Waals surface area contributed by atoms with Crippen molar-refractivity contribution in [3.63, 3.8) is 0 Å². The number of nitrogens with zero attached hydrogens (tertiary/aromatic N) is 4. The number of fused-ring (bicyclic) bond motifs is 1. The third-order valence-corrected chi connectivity index (χ3v) is 6.73. The van der Waals surface area contributed by atoms with Crippen molar-refractivity contribution in [3.8, 4) is 11.8 Å². The highest BCUT2D eigenvalue weighted by molar-refractivity contribution is 6.15. The van der Waals surface area contributed by atoms with Crippen LogP contribution in [-0.4, -0.2) is 46.0 Å². The van der Waals surface area contributed by atoms with Crippen molar-refractivity contribution < 1.29 is 28.2 Å². The van der Waals surface area contributed by atoms with Gasteiger partial charge in [0.15, 0.2) is 0 Å². The van der Waals surface area contributed by atoms with E-state index in [9.17, 15) is 14.9 Å². The zero-order chi connectivity index (χ0) is 29.1. The van der Waals surface area contributed by atoms with Gasteiger partial charge in [-0.05, 0) is 37.3 Å². The van der Waals surface area contributed by atoms with E-state index in [1.165, 1.54) is 70.4 Å². The molecule has 0 fully saturated rings. The highest BCUT2D eigenvalue weighted by atomic mass is 19.3. The van der Waals surface area contributed by atoms with Crippen molar-refractivity contribution >= 4 is 23.2 Å². The van der Waals surface area contributed by atoms with Crippen LogP contribution >= 0.6 is 0 Å². The Morgan fingerprint density at radius 1 is 1.15 bits per heavy atom. The maximum Gasteiger partial charge on any atom is 0.298 e. The predicted molar refractivity (Wildman–Crippen MR) is 146 cm³/mol. The number of hydrogen-bond donors (Lipinski definition) is 2. The number of halogens is 2. The molecule has 0 aliphatic carbocycles. The van der Waals surface area contributed by atoms with Crippen LogP contribution in [-0.2, 0) is 12.5 Å². The maximum atomic E-state index is 15.0. The molecule has 208 valence electrons. The quantitative estimate of drug-likeness (QED) is 0.328. The summed E-state index contributed by atoms with van der Waals surface area (Å²) in [6.45, 7) is 1.88. The first kappa shape index (κ1) is 27.5.